The van der Waals surface area contributed by atoms with Crippen LogP contribution in [0.25, 0.3) is 11.1 Å². The van der Waals surface area contributed by atoms with E-state index >= 15 is 0 Å². The number of sulfonamides is 1. The predicted octanol–water partition coefficient (Wildman–Crippen LogP) is 6.58. The molecule has 39 heavy (non-hydrogen) atoms. The molecule has 0 saturated carbocycles. The van der Waals surface area contributed by atoms with E-state index in [0.29, 0.717) is 19.4 Å². The number of hydrogen-bond acceptors (Lipinski definition) is 3. The van der Waals surface area contributed by atoms with Crippen LogP contribution in [0.1, 0.15) is 41.0 Å². The van der Waals surface area contributed by atoms with Gasteiger partial charge in [-0.1, -0.05) is 54.6 Å². The van der Waals surface area contributed by atoms with E-state index in [9.17, 15) is 26.0 Å². The van der Waals surface area contributed by atoms with E-state index in [0.717, 1.165) is 28.8 Å². The number of nitrogens with zero attached hydrogens (tertiary/aromatic N) is 2. The Morgan fingerprint density at radius 2 is 1.59 bits per heavy atom. The van der Waals surface area contributed by atoms with Crippen LogP contribution in [-0.4, -0.2) is 56.0 Å². The largest absolute Gasteiger partial charge is 0.417 e. The lowest BCUT2D eigenvalue weighted by atomic mass is 9.74. The first kappa shape index (κ1) is 27.8. The van der Waals surface area contributed by atoms with Crippen molar-refractivity contribution in [2.24, 2.45) is 0 Å². The van der Waals surface area contributed by atoms with Crippen molar-refractivity contribution in [1.82, 2.24) is 9.21 Å². The molecule has 0 amide bonds. The molecular weight excluding hydrogens is 528 g/mol. The summed E-state index contributed by atoms with van der Waals surface area (Å²) < 4.78 is 83.7. The van der Waals surface area contributed by atoms with Crippen LogP contribution in [0.5, 0.6) is 0 Å². The minimum atomic E-state index is -4.80. The van der Waals surface area contributed by atoms with Crippen molar-refractivity contribution in [3.8, 4) is 11.1 Å². The molecule has 0 spiro atoms. The van der Waals surface area contributed by atoms with Crippen molar-refractivity contribution in [3.63, 3.8) is 0 Å². The molecule has 9 heteroatoms. The maximum atomic E-state index is 14.3. The maximum Gasteiger partial charge on any atom is 0.417 e. The molecule has 5 rings (SSSR count). The number of hydrogen-bond donors (Lipinski definition) is 0. The molecular formula is C30H32F4N2O2S. The van der Waals surface area contributed by atoms with Crippen LogP contribution in [0.2, 0.25) is 0 Å². The first-order chi connectivity index (χ1) is 18.5. The number of rotatable bonds is 5. The maximum absolute atomic E-state index is 14.3. The molecule has 0 aromatic heterocycles. The van der Waals surface area contributed by atoms with Gasteiger partial charge in [-0.15, -0.1) is 0 Å². The van der Waals surface area contributed by atoms with Gasteiger partial charge in [0.2, 0.25) is 10.0 Å². The summed E-state index contributed by atoms with van der Waals surface area (Å²) in [6.45, 7) is 4.31. The molecule has 3 aromatic rings. The van der Waals surface area contributed by atoms with Crippen LogP contribution in [-0.2, 0) is 16.2 Å². The molecule has 2 fully saturated rings. The van der Waals surface area contributed by atoms with Crippen LogP contribution in [0.15, 0.2) is 71.6 Å². The first-order valence-electron chi connectivity index (χ1n) is 13.2. The van der Waals surface area contributed by atoms with Crippen LogP contribution < -0.4 is 0 Å². The Labute approximate surface area is 227 Å². The third-order valence-corrected chi connectivity index (χ3v) is 10.2. The van der Waals surface area contributed by atoms with Gasteiger partial charge in [0.05, 0.1) is 10.5 Å². The summed E-state index contributed by atoms with van der Waals surface area (Å²) in [5, 5.41) is 0. The quantitative estimate of drug-likeness (QED) is 0.331. The summed E-state index contributed by atoms with van der Waals surface area (Å²) >= 11 is 0. The van der Waals surface area contributed by atoms with E-state index in [4.69, 9.17) is 0 Å². The Morgan fingerprint density at radius 1 is 0.897 bits per heavy atom. The van der Waals surface area contributed by atoms with Crippen molar-refractivity contribution in [1.29, 1.82) is 0 Å². The smallest absolute Gasteiger partial charge is 0.292 e. The van der Waals surface area contributed by atoms with Crippen molar-refractivity contribution in [2.45, 2.75) is 55.8 Å². The second kappa shape index (κ2) is 10.7. The molecule has 3 atom stereocenters. The molecule has 2 aliphatic rings. The lowest BCUT2D eigenvalue weighted by Crippen LogP contribution is -2.67. The molecule has 208 valence electrons. The SMILES string of the molecule is Cc1cccc(-c2ccc([C@@H]3C(CF)N4CCCCN(S(=O)(=O)c5ccccc5C(F)(F)F)C[C@@H]34)cc2)c1C. The van der Waals surface area contributed by atoms with Gasteiger partial charge in [-0.25, -0.2) is 12.8 Å². The average molecular weight is 561 g/mol. The van der Waals surface area contributed by atoms with Gasteiger partial charge in [0.15, 0.2) is 0 Å². The molecule has 0 N–H and O–H groups in total. The minimum Gasteiger partial charge on any atom is -0.292 e. The third kappa shape index (κ3) is 5.12. The second-order valence-electron chi connectivity index (χ2n) is 10.5. The first-order valence-corrected chi connectivity index (χ1v) is 14.6. The van der Waals surface area contributed by atoms with E-state index in [1.807, 2.05) is 35.2 Å². The van der Waals surface area contributed by atoms with E-state index in [1.165, 1.54) is 27.6 Å². The van der Waals surface area contributed by atoms with Crippen LogP contribution >= 0.6 is 0 Å². The molecule has 0 bridgehead atoms. The highest BCUT2D eigenvalue weighted by Crippen LogP contribution is 2.44. The minimum absolute atomic E-state index is 0.00836. The molecule has 2 heterocycles. The van der Waals surface area contributed by atoms with Gasteiger partial charge in [-0.05, 0) is 73.2 Å². The highest BCUT2D eigenvalue weighted by atomic mass is 32.2. The van der Waals surface area contributed by atoms with Gasteiger partial charge in [-0.2, -0.15) is 17.5 Å². The highest BCUT2D eigenvalue weighted by Gasteiger charge is 2.51. The summed E-state index contributed by atoms with van der Waals surface area (Å²) in [4.78, 5) is 1.25. The summed E-state index contributed by atoms with van der Waals surface area (Å²) in [7, 11) is -4.43. The lowest BCUT2D eigenvalue weighted by molar-refractivity contribution is -0.139. The van der Waals surface area contributed by atoms with E-state index in [2.05, 4.69) is 26.0 Å². The fraction of sp³-hybridized carbons (Fsp3) is 0.400. The molecule has 1 unspecified atom stereocenters. The average Bonchev–Trinajstić information content (AvgIpc) is 2.89. The standard InChI is InChI=1S/C30H32F4N2O2S/c1-20-8-7-9-24(21(20)2)22-12-14-23(15-13-22)29-26(18-31)36-17-6-5-16-35(19-27(29)36)39(37,38)28-11-4-3-10-25(28)30(32,33)34/h3-4,7-15,26-27,29H,5-6,16-19H2,1-2H3/t26?,27-,29+/m0/s1. The molecule has 4 nitrogen and oxygen atoms in total. The summed E-state index contributed by atoms with van der Waals surface area (Å²) in [6, 6.07) is 17.7. The number of benzene rings is 3. The van der Waals surface area contributed by atoms with Crippen molar-refractivity contribution in [2.75, 3.05) is 26.3 Å². The van der Waals surface area contributed by atoms with Crippen LogP contribution in [0.4, 0.5) is 17.6 Å². The molecule has 0 radical (unpaired) electrons. The van der Waals surface area contributed by atoms with Gasteiger partial charge in [-0.3, -0.25) is 4.90 Å². The topological polar surface area (TPSA) is 40.6 Å². The Morgan fingerprint density at radius 3 is 2.28 bits per heavy atom. The Bertz CT molecular complexity index is 1440. The van der Waals surface area contributed by atoms with Gasteiger partial charge in [0, 0.05) is 31.1 Å². The molecule has 2 saturated heterocycles. The van der Waals surface area contributed by atoms with Crippen molar-refractivity contribution < 1.29 is 26.0 Å². The van der Waals surface area contributed by atoms with Gasteiger partial charge < -0.3 is 0 Å². The monoisotopic (exact) mass is 560 g/mol. The fourth-order valence-electron chi connectivity index (χ4n) is 6.11. The van der Waals surface area contributed by atoms with Gasteiger partial charge in [0.25, 0.3) is 0 Å². The van der Waals surface area contributed by atoms with Crippen molar-refractivity contribution >= 4 is 10.0 Å². The fourth-order valence-corrected chi connectivity index (χ4v) is 7.82. The number of fused-ring (bicyclic) bond motifs is 1. The van der Waals surface area contributed by atoms with E-state index < -0.39 is 39.4 Å². The predicted molar refractivity (Wildman–Crippen MR) is 144 cm³/mol. The van der Waals surface area contributed by atoms with Gasteiger partial charge >= 0.3 is 6.18 Å². The van der Waals surface area contributed by atoms with Gasteiger partial charge in [0.1, 0.15) is 6.67 Å². The Hall–Kier alpha value is -2.75. The van der Waals surface area contributed by atoms with E-state index in [1.54, 1.807) is 0 Å². The van der Waals surface area contributed by atoms with Crippen molar-refractivity contribution in [3.05, 3.63) is 89.0 Å². The second-order valence-corrected chi connectivity index (χ2v) is 12.4. The zero-order valence-corrected chi connectivity index (χ0v) is 22.8. The summed E-state index contributed by atoms with van der Waals surface area (Å²) in [6.07, 6.45) is -3.67. The zero-order chi connectivity index (χ0) is 27.9. The van der Waals surface area contributed by atoms with Crippen LogP contribution in [0.3, 0.4) is 0 Å². The molecule has 2 aliphatic heterocycles. The summed E-state index contributed by atoms with van der Waals surface area (Å²) in [5.41, 5.74) is 4.26. The molecule has 3 aromatic carbocycles. The zero-order valence-electron chi connectivity index (χ0n) is 22.0. The summed E-state index contributed by atoms with van der Waals surface area (Å²) in [5.74, 6) is -0.267. The third-order valence-electron chi connectivity index (χ3n) is 8.33. The van der Waals surface area contributed by atoms with Crippen LogP contribution in [0, 0.1) is 13.8 Å². The molecule has 0 aliphatic carbocycles. The number of halogens is 4. The lowest BCUT2D eigenvalue weighted by Gasteiger charge is -2.56. The number of alkyl halides is 4. The Balaban J connectivity index is 1.46. The number of aryl methyl sites for hydroxylation is 1. The normalized spacial score (nSPS) is 23.0. The highest BCUT2D eigenvalue weighted by molar-refractivity contribution is 7.89. The van der Waals surface area contributed by atoms with E-state index in [-0.39, 0.29) is 25.0 Å². The Kier molecular flexibility index (Phi) is 7.61.